The Morgan fingerprint density at radius 1 is 0.944 bits per heavy atom. The van der Waals surface area contributed by atoms with E-state index in [0.29, 0.717) is 46.4 Å². The SMILES string of the molecule is COc1cc2nccc(Oc3cccc(N4CC(C(=O)Nc5ccccc5)CC4=O)c3)c2cc1OC. The molecule has 0 spiro atoms. The number of nitrogens with one attached hydrogen (secondary N) is 1. The smallest absolute Gasteiger partial charge is 0.229 e. The number of benzene rings is 3. The summed E-state index contributed by atoms with van der Waals surface area (Å²) < 4.78 is 17.0. The fraction of sp³-hybridized carbons (Fsp3) is 0.179. The lowest BCUT2D eigenvalue weighted by Gasteiger charge is -2.18. The van der Waals surface area contributed by atoms with E-state index in [1.165, 1.54) is 0 Å². The van der Waals surface area contributed by atoms with Gasteiger partial charge in [0, 0.05) is 48.1 Å². The molecule has 2 amide bonds. The lowest BCUT2D eigenvalue weighted by atomic mass is 10.1. The van der Waals surface area contributed by atoms with Crippen LogP contribution in [0.3, 0.4) is 0 Å². The Hall–Kier alpha value is -4.59. The highest BCUT2D eigenvalue weighted by Crippen LogP contribution is 2.37. The third-order valence-electron chi connectivity index (χ3n) is 6.10. The van der Waals surface area contributed by atoms with E-state index >= 15 is 0 Å². The average molecular weight is 484 g/mol. The van der Waals surface area contributed by atoms with Crippen LogP contribution in [0.15, 0.2) is 79.0 Å². The summed E-state index contributed by atoms with van der Waals surface area (Å²) in [6, 6.07) is 21.9. The maximum Gasteiger partial charge on any atom is 0.229 e. The highest BCUT2D eigenvalue weighted by Gasteiger charge is 2.35. The van der Waals surface area contributed by atoms with Gasteiger partial charge in [0.2, 0.25) is 11.8 Å². The van der Waals surface area contributed by atoms with Crippen molar-refractivity contribution in [2.45, 2.75) is 6.42 Å². The number of amides is 2. The molecule has 0 radical (unpaired) electrons. The Morgan fingerprint density at radius 2 is 1.72 bits per heavy atom. The maximum absolute atomic E-state index is 12.8. The Bertz CT molecular complexity index is 1420. The average Bonchev–Trinajstić information content (AvgIpc) is 3.30. The normalized spacial score (nSPS) is 15.1. The summed E-state index contributed by atoms with van der Waals surface area (Å²) in [7, 11) is 3.15. The van der Waals surface area contributed by atoms with Crippen molar-refractivity contribution in [1.29, 1.82) is 0 Å². The van der Waals surface area contributed by atoms with Crippen LogP contribution in [0.1, 0.15) is 6.42 Å². The number of rotatable bonds is 7. The quantitative estimate of drug-likeness (QED) is 0.396. The Labute approximate surface area is 208 Å². The summed E-state index contributed by atoms with van der Waals surface area (Å²) in [5.41, 5.74) is 2.08. The number of pyridine rings is 1. The standard InChI is InChI=1S/C28H25N3O5/c1-34-25-15-22-23(16-26(25)35-2)29-12-11-24(22)36-21-10-6-9-20(14-21)31-17-18(13-27(31)32)28(33)30-19-7-4-3-5-8-19/h3-12,14-16,18H,13,17H2,1-2H3,(H,30,33). The van der Waals surface area contributed by atoms with Crippen molar-refractivity contribution in [2.75, 3.05) is 31.0 Å². The predicted octanol–water partition coefficient (Wildman–Crippen LogP) is 5.04. The zero-order valence-electron chi connectivity index (χ0n) is 19.9. The molecule has 2 heterocycles. The molecular weight excluding hydrogens is 458 g/mol. The maximum atomic E-state index is 12.8. The Morgan fingerprint density at radius 3 is 2.50 bits per heavy atom. The monoisotopic (exact) mass is 483 g/mol. The van der Waals surface area contributed by atoms with E-state index in [1.54, 1.807) is 43.5 Å². The van der Waals surface area contributed by atoms with Gasteiger partial charge in [-0.2, -0.15) is 0 Å². The fourth-order valence-electron chi connectivity index (χ4n) is 4.28. The van der Waals surface area contributed by atoms with E-state index in [2.05, 4.69) is 10.3 Å². The molecule has 0 saturated carbocycles. The molecular formula is C28H25N3O5. The number of aromatic nitrogens is 1. The van der Waals surface area contributed by atoms with Gasteiger partial charge in [-0.05, 0) is 36.4 Å². The number of hydrogen-bond acceptors (Lipinski definition) is 6. The van der Waals surface area contributed by atoms with E-state index in [0.717, 1.165) is 5.39 Å². The molecule has 8 nitrogen and oxygen atoms in total. The van der Waals surface area contributed by atoms with Gasteiger partial charge < -0.3 is 24.4 Å². The highest BCUT2D eigenvalue weighted by atomic mass is 16.5. The van der Waals surface area contributed by atoms with Crippen LogP contribution in [0.4, 0.5) is 11.4 Å². The molecule has 1 N–H and O–H groups in total. The van der Waals surface area contributed by atoms with Gasteiger partial charge in [-0.25, -0.2) is 0 Å². The van der Waals surface area contributed by atoms with Gasteiger partial charge in [-0.3, -0.25) is 14.6 Å². The van der Waals surface area contributed by atoms with Gasteiger partial charge >= 0.3 is 0 Å². The molecule has 1 aliphatic rings. The summed E-state index contributed by atoms with van der Waals surface area (Å²) in [6.45, 7) is 0.302. The number of ether oxygens (including phenoxy) is 3. The van der Waals surface area contributed by atoms with Crippen LogP contribution in [-0.4, -0.2) is 37.6 Å². The van der Waals surface area contributed by atoms with Crippen LogP contribution in [0, 0.1) is 5.92 Å². The number of nitrogens with zero attached hydrogens (tertiary/aromatic N) is 2. The van der Waals surface area contributed by atoms with Gasteiger partial charge in [0.1, 0.15) is 11.5 Å². The first-order valence-electron chi connectivity index (χ1n) is 11.5. The molecule has 3 aromatic carbocycles. The van der Waals surface area contributed by atoms with Crippen LogP contribution in [0.2, 0.25) is 0 Å². The van der Waals surface area contributed by atoms with E-state index in [4.69, 9.17) is 14.2 Å². The van der Waals surface area contributed by atoms with Crippen molar-refractivity contribution in [2.24, 2.45) is 5.92 Å². The summed E-state index contributed by atoms with van der Waals surface area (Å²) in [5.74, 6) is 1.58. The number of hydrogen-bond donors (Lipinski definition) is 1. The third-order valence-corrected chi connectivity index (χ3v) is 6.10. The highest BCUT2D eigenvalue weighted by molar-refractivity contribution is 6.03. The second-order valence-corrected chi connectivity index (χ2v) is 8.39. The number of methoxy groups -OCH3 is 2. The fourth-order valence-corrected chi connectivity index (χ4v) is 4.28. The molecule has 1 saturated heterocycles. The van der Waals surface area contributed by atoms with Crippen LogP contribution in [-0.2, 0) is 9.59 Å². The zero-order valence-corrected chi connectivity index (χ0v) is 19.9. The molecule has 4 aromatic rings. The van der Waals surface area contributed by atoms with E-state index in [-0.39, 0.29) is 18.2 Å². The molecule has 1 aliphatic heterocycles. The van der Waals surface area contributed by atoms with Gasteiger partial charge in [0.15, 0.2) is 11.5 Å². The second-order valence-electron chi connectivity index (χ2n) is 8.39. The van der Waals surface area contributed by atoms with Crippen LogP contribution in [0.5, 0.6) is 23.0 Å². The molecule has 36 heavy (non-hydrogen) atoms. The van der Waals surface area contributed by atoms with Crippen molar-refractivity contribution in [3.63, 3.8) is 0 Å². The zero-order chi connectivity index (χ0) is 25.1. The lowest BCUT2D eigenvalue weighted by molar-refractivity contribution is -0.122. The summed E-state index contributed by atoms with van der Waals surface area (Å²) in [4.78, 5) is 31.5. The van der Waals surface area contributed by atoms with Crippen molar-refractivity contribution in [3.05, 3.63) is 79.0 Å². The molecule has 1 atom stereocenters. The first-order valence-corrected chi connectivity index (χ1v) is 11.5. The molecule has 1 unspecified atom stereocenters. The summed E-state index contributed by atoms with van der Waals surface area (Å²) >= 11 is 0. The van der Waals surface area contributed by atoms with Gasteiger partial charge in [0.05, 0.1) is 25.7 Å². The summed E-state index contributed by atoms with van der Waals surface area (Å²) in [6.07, 6.45) is 1.81. The van der Waals surface area contributed by atoms with Crippen molar-refractivity contribution < 1.29 is 23.8 Å². The largest absolute Gasteiger partial charge is 0.493 e. The molecule has 1 fully saturated rings. The number of anilines is 2. The van der Waals surface area contributed by atoms with Crippen molar-refractivity contribution in [3.8, 4) is 23.0 Å². The Balaban J connectivity index is 1.35. The molecule has 0 aliphatic carbocycles. The van der Waals surface area contributed by atoms with Gasteiger partial charge in [0.25, 0.3) is 0 Å². The first kappa shape index (κ1) is 23.2. The summed E-state index contributed by atoms with van der Waals surface area (Å²) in [5, 5.41) is 3.65. The predicted molar refractivity (Wildman–Crippen MR) is 137 cm³/mol. The Kier molecular flexibility index (Phi) is 6.40. The van der Waals surface area contributed by atoms with E-state index in [9.17, 15) is 9.59 Å². The van der Waals surface area contributed by atoms with Crippen LogP contribution < -0.4 is 24.4 Å². The van der Waals surface area contributed by atoms with E-state index in [1.807, 2.05) is 54.6 Å². The van der Waals surface area contributed by atoms with E-state index < -0.39 is 5.92 Å². The third kappa shape index (κ3) is 4.65. The van der Waals surface area contributed by atoms with Gasteiger partial charge in [-0.1, -0.05) is 24.3 Å². The number of carbonyl (C=O) groups is 2. The lowest BCUT2D eigenvalue weighted by Crippen LogP contribution is -2.28. The van der Waals surface area contributed by atoms with Crippen molar-refractivity contribution in [1.82, 2.24) is 4.98 Å². The van der Waals surface area contributed by atoms with Crippen molar-refractivity contribution >= 4 is 34.1 Å². The first-order chi connectivity index (χ1) is 17.6. The minimum atomic E-state index is -0.436. The minimum absolute atomic E-state index is 0.105. The minimum Gasteiger partial charge on any atom is -0.493 e. The topological polar surface area (TPSA) is 90.0 Å². The molecule has 0 bridgehead atoms. The number of fused-ring (bicyclic) bond motifs is 1. The van der Waals surface area contributed by atoms with Crippen LogP contribution in [0.25, 0.3) is 10.9 Å². The number of para-hydroxylation sites is 1. The van der Waals surface area contributed by atoms with Crippen LogP contribution >= 0.6 is 0 Å². The molecule has 5 rings (SSSR count). The molecule has 1 aromatic heterocycles. The van der Waals surface area contributed by atoms with Gasteiger partial charge in [-0.15, -0.1) is 0 Å². The second kappa shape index (κ2) is 9.95. The number of carbonyl (C=O) groups excluding carboxylic acids is 2. The molecule has 182 valence electrons. The molecule has 8 heteroatoms.